The molecule has 0 saturated heterocycles. The molecule has 1 atom stereocenters. The second-order valence-corrected chi connectivity index (χ2v) is 6.04. The number of imidazole rings is 1. The van der Waals surface area contributed by atoms with Crippen molar-refractivity contribution in [3.8, 4) is 0 Å². The van der Waals surface area contributed by atoms with Gasteiger partial charge in [0.05, 0.1) is 6.33 Å². The second-order valence-electron chi connectivity index (χ2n) is 6.04. The van der Waals surface area contributed by atoms with Gasteiger partial charge >= 0.3 is 12.0 Å². The van der Waals surface area contributed by atoms with Crippen LogP contribution in [0.5, 0.6) is 0 Å². The van der Waals surface area contributed by atoms with Crippen molar-refractivity contribution in [2.24, 2.45) is 5.41 Å². The zero-order valence-electron chi connectivity index (χ0n) is 12.3. The van der Waals surface area contributed by atoms with Crippen LogP contribution in [0, 0.1) is 5.41 Å². The van der Waals surface area contributed by atoms with E-state index in [1.807, 2.05) is 20.8 Å². The molecule has 1 aromatic heterocycles. The lowest BCUT2D eigenvalue weighted by Gasteiger charge is -2.27. The van der Waals surface area contributed by atoms with Gasteiger partial charge < -0.3 is 20.3 Å². The van der Waals surface area contributed by atoms with Gasteiger partial charge in [-0.1, -0.05) is 20.8 Å². The van der Waals surface area contributed by atoms with Crippen LogP contribution in [-0.2, 0) is 11.2 Å². The van der Waals surface area contributed by atoms with Crippen LogP contribution in [0.2, 0.25) is 0 Å². The van der Waals surface area contributed by atoms with Crippen molar-refractivity contribution in [2.75, 3.05) is 13.6 Å². The molecule has 0 aliphatic heterocycles. The van der Waals surface area contributed by atoms with Crippen molar-refractivity contribution in [1.29, 1.82) is 0 Å². The number of carbonyl (C=O) groups excluding carboxylic acids is 1. The average Bonchev–Trinajstić information content (AvgIpc) is 2.78. The molecular formula is C13H22N4O3. The Morgan fingerprint density at radius 1 is 1.50 bits per heavy atom. The van der Waals surface area contributed by atoms with Crippen LogP contribution in [0.25, 0.3) is 0 Å². The average molecular weight is 282 g/mol. The monoisotopic (exact) mass is 282 g/mol. The molecule has 7 nitrogen and oxygen atoms in total. The van der Waals surface area contributed by atoms with Crippen LogP contribution in [0.4, 0.5) is 4.79 Å². The number of amides is 2. The molecule has 0 aliphatic rings. The number of rotatable bonds is 5. The summed E-state index contributed by atoms with van der Waals surface area (Å²) in [7, 11) is 1.65. The van der Waals surface area contributed by atoms with Crippen LogP contribution in [0.3, 0.4) is 0 Å². The maximum atomic E-state index is 12.0. The molecule has 0 spiro atoms. The molecule has 7 heteroatoms. The van der Waals surface area contributed by atoms with Crippen molar-refractivity contribution in [3.63, 3.8) is 0 Å². The molecule has 0 bridgehead atoms. The summed E-state index contributed by atoms with van der Waals surface area (Å²) in [5.74, 6) is -1.07. The SMILES string of the molecule is CN(CC(C)(C)C)C(=O)N[C@H](Cc1cnc[nH]1)C(=O)O. The Morgan fingerprint density at radius 2 is 2.15 bits per heavy atom. The number of aromatic nitrogens is 2. The minimum absolute atomic E-state index is 0.0474. The highest BCUT2D eigenvalue weighted by molar-refractivity contribution is 5.82. The van der Waals surface area contributed by atoms with Gasteiger partial charge in [0.2, 0.25) is 0 Å². The summed E-state index contributed by atoms with van der Waals surface area (Å²) in [6.45, 7) is 6.57. The molecule has 1 heterocycles. The number of carboxylic acids is 1. The number of hydrogen-bond acceptors (Lipinski definition) is 3. The Balaban J connectivity index is 2.61. The minimum atomic E-state index is -1.07. The smallest absolute Gasteiger partial charge is 0.326 e. The van der Waals surface area contributed by atoms with E-state index < -0.39 is 18.0 Å². The predicted molar refractivity (Wildman–Crippen MR) is 74.3 cm³/mol. The van der Waals surface area contributed by atoms with Crippen LogP contribution in [0.1, 0.15) is 26.5 Å². The van der Waals surface area contributed by atoms with Crippen molar-refractivity contribution >= 4 is 12.0 Å². The second kappa shape index (κ2) is 6.40. The fourth-order valence-electron chi connectivity index (χ4n) is 1.86. The summed E-state index contributed by atoms with van der Waals surface area (Å²) >= 11 is 0. The Labute approximate surface area is 118 Å². The topological polar surface area (TPSA) is 98.3 Å². The molecule has 0 aliphatic carbocycles. The van der Waals surface area contributed by atoms with Crippen LogP contribution >= 0.6 is 0 Å². The van der Waals surface area contributed by atoms with Gasteiger partial charge in [-0.15, -0.1) is 0 Å². The number of urea groups is 1. The molecule has 20 heavy (non-hydrogen) atoms. The van der Waals surface area contributed by atoms with E-state index in [-0.39, 0.29) is 11.8 Å². The fraction of sp³-hybridized carbons (Fsp3) is 0.615. The number of aliphatic carboxylic acids is 1. The normalized spacial score (nSPS) is 12.8. The number of H-pyrrole nitrogens is 1. The van der Waals surface area contributed by atoms with Crippen LogP contribution < -0.4 is 5.32 Å². The van der Waals surface area contributed by atoms with Gasteiger partial charge in [0.25, 0.3) is 0 Å². The molecule has 112 valence electrons. The molecule has 0 unspecified atom stereocenters. The predicted octanol–water partition coefficient (Wildman–Crippen LogP) is 1.09. The number of nitrogens with one attached hydrogen (secondary N) is 2. The lowest BCUT2D eigenvalue weighted by Crippen LogP contribution is -2.49. The Hall–Kier alpha value is -2.05. The van der Waals surface area contributed by atoms with Gasteiger partial charge in [0, 0.05) is 31.9 Å². The number of carboxylic acid groups (broad SMARTS) is 1. The van der Waals surface area contributed by atoms with E-state index in [0.717, 1.165) is 0 Å². The van der Waals surface area contributed by atoms with E-state index in [4.69, 9.17) is 5.11 Å². The first-order valence-corrected chi connectivity index (χ1v) is 6.41. The lowest BCUT2D eigenvalue weighted by molar-refractivity contribution is -0.139. The minimum Gasteiger partial charge on any atom is -0.480 e. The molecule has 2 amide bonds. The van der Waals surface area contributed by atoms with E-state index in [0.29, 0.717) is 12.2 Å². The lowest BCUT2D eigenvalue weighted by atomic mass is 9.96. The van der Waals surface area contributed by atoms with Gasteiger partial charge in [-0.25, -0.2) is 14.6 Å². The molecule has 1 aromatic rings. The summed E-state index contributed by atoms with van der Waals surface area (Å²) in [5.41, 5.74) is 0.616. The van der Waals surface area contributed by atoms with Gasteiger partial charge in [0.1, 0.15) is 6.04 Å². The molecule has 1 rings (SSSR count). The highest BCUT2D eigenvalue weighted by Crippen LogP contribution is 2.14. The number of carbonyl (C=O) groups is 2. The molecule has 3 N–H and O–H groups in total. The summed E-state index contributed by atoms with van der Waals surface area (Å²) < 4.78 is 0. The Morgan fingerprint density at radius 3 is 2.60 bits per heavy atom. The zero-order valence-corrected chi connectivity index (χ0v) is 12.3. The maximum absolute atomic E-state index is 12.0. The van der Waals surface area contributed by atoms with Crippen LogP contribution in [0.15, 0.2) is 12.5 Å². The van der Waals surface area contributed by atoms with E-state index >= 15 is 0 Å². The summed E-state index contributed by atoms with van der Waals surface area (Å²) in [6, 6.07) is -1.38. The molecule has 0 saturated carbocycles. The van der Waals surface area contributed by atoms with Crippen LogP contribution in [-0.4, -0.2) is 51.6 Å². The third-order valence-electron chi connectivity index (χ3n) is 2.63. The molecular weight excluding hydrogens is 260 g/mol. The first-order chi connectivity index (χ1) is 9.19. The molecule has 0 radical (unpaired) electrons. The highest BCUT2D eigenvalue weighted by Gasteiger charge is 2.24. The first kappa shape index (κ1) is 16.0. The van der Waals surface area contributed by atoms with E-state index in [2.05, 4.69) is 15.3 Å². The maximum Gasteiger partial charge on any atom is 0.326 e. The largest absolute Gasteiger partial charge is 0.480 e. The highest BCUT2D eigenvalue weighted by atomic mass is 16.4. The van der Waals surface area contributed by atoms with Gasteiger partial charge in [-0.3, -0.25) is 0 Å². The zero-order chi connectivity index (χ0) is 15.3. The fourth-order valence-corrected chi connectivity index (χ4v) is 1.86. The third-order valence-corrected chi connectivity index (χ3v) is 2.63. The first-order valence-electron chi connectivity index (χ1n) is 6.41. The Kier molecular flexibility index (Phi) is 5.12. The van der Waals surface area contributed by atoms with Crippen molar-refractivity contribution in [3.05, 3.63) is 18.2 Å². The number of nitrogens with zero attached hydrogens (tertiary/aromatic N) is 2. The Bertz CT molecular complexity index is 451. The van der Waals surface area contributed by atoms with Gasteiger partial charge in [-0.2, -0.15) is 0 Å². The van der Waals surface area contributed by atoms with E-state index in [1.54, 1.807) is 13.2 Å². The number of aromatic amines is 1. The van der Waals surface area contributed by atoms with E-state index in [9.17, 15) is 9.59 Å². The standard InChI is InChI=1S/C13H22N4O3/c1-13(2,3)7-17(4)12(20)16-10(11(18)19)5-9-6-14-8-15-9/h6,8,10H,5,7H2,1-4H3,(H,14,15)(H,16,20)(H,18,19)/t10-/m1/s1. The quantitative estimate of drug-likeness (QED) is 0.753. The van der Waals surface area contributed by atoms with Crippen molar-refractivity contribution < 1.29 is 14.7 Å². The van der Waals surface area contributed by atoms with E-state index in [1.165, 1.54) is 11.2 Å². The third kappa shape index (κ3) is 5.29. The van der Waals surface area contributed by atoms with Crippen molar-refractivity contribution in [2.45, 2.75) is 33.2 Å². The van der Waals surface area contributed by atoms with Crippen molar-refractivity contribution in [1.82, 2.24) is 20.2 Å². The van der Waals surface area contributed by atoms with Gasteiger partial charge in [0.15, 0.2) is 0 Å². The summed E-state index contributed by atoms with van der Waals surface area (Å²) in [4.78, 5) is 31.3. The molecule has 0 aromatic carbocycles. The summed E-state index contributed by atoms with van der Waals surface area (Å²) in [6.07, 6.45) is 3.19. The summed E-state index contributed by atoms with van der Waals surface area (Å²) in [5, 5.41) is 11.7. The van der Waals surface area contributed by atoms with Gasteiger partial charge in [-0.05, 0) is 5.41 Å². The number of hydrogen-bond donors (Lipinski definition) is 3. The molecule has 0 fully saturated rings.